The van der Waals surface area contributed by atoms with Gasteiger partial charge in [0.25, 0.3) is 0 Å². The van der Waals surface area contributed by atoms with Gasteiger partial charge in [-0.2, -0.15) is 0 Å². The Balaban J connectivity index is 1.46. The van der Waals surface area contributed by atoms with E-state index < -0.39 is 5.97 Å². The molecule has 0 aromatic heterocycles. The van der Waals surface area contributed by atoms with Crippen LogP contribution in [0.2, 0.25) is 0 Å². The molecule has 4 heteroatoms. The molecule has 1 aromatic carbocycles. The summed E-state index contributed by atoms with van der Waals surface area (Å²) < 4.78 is 0. The number of nitrogens with one attached hydrogen (secondary N) is 1. The van der Waals surface area contributed by atoms with E-state index in [1.54, 1.807) is 4.90 Å². The Labute approximate surface area is 160 Å². The summed E-state index contributed by atoms with van der Waals surface area (Å²) in [7, 11) is 0. The van der Waals surface area contributed by atoms with E-state index in [9.17, 15) is 9.90 Å². The molecule has 1 fully saturated rings. The summed E-state index contributed by atoms with van der Waals surface area (Å²) in [5, 5.41) is 13.0. The number of rotatable bonds is 5. The molecule has 0 saturated heterocycles. The summed E-state index contributed by atoms with van der Waals surface area (Å²) in [5.74, 6) is -0.216. The minimum absolute atomic E-state index is 0.276. The van der Waals surface area contributed by atoms with Gasteiger partial charge in [-0.25, -0.2) is 4.79 Å². The first-order chi connectivity index (χ1) is 13.2. The molecule has 4 nitrogen and oxygen atoms in total. The van der Waals surface area contributed by atoms with Gasteiger partial charge in [-0.3, -0.25) is 0 Å². The second-order valence-electron chi connectivity index (χ2n) is 7.45. The third kappa shape index (κ3) is 3.85. The van der Waals surface area contributed by atoms with E-state index in [-0.39, 0.29) is 5.70 Å². The quantitative estimate of drug-likeness (QED) is 0.790. The van der Waals surface area contributed by atoms with Crippen LogP contribution in [0.4, 0.5) is 0 Å². The van der Waals surface area contributed by atoms with Crippen molar-refractivity contribution in [2.24, 2.45) is 0 Å². The number of hydrogen-bond acceptors (Lipinski definition) is 3. The topological polar surface area (TPSA) is 52.6 Å². The highest BCUT2D eigenvalue weighted by Crippen LogP contribution is 2.32. The van der Waals surface area contributed by atoms with Crippen molar-refractivity contribution in [1.82, 2.24) is 10.2 Å². The summed E-state index contributed by atoms with van der Waals surface area (Å²) in [5.41, 5.74) is 4.43. The van der Waals surface area contributed by atoms with Gasteiger partial charge in [-0.1, -0.05) is 55.7 Å². The number of nitrogens with zero attached hydrogens (tertiary/aromatic N) is 1. The standard InChI is InChI=1S/C23H26N2O2/c26-23(27)22-21(14-13-20-8-4-5-15-25(20)22)24-16-17-9-11-19(12-10-17)18-6-2-1-3-7-18/h5,8-15,18,24H,1-4,6-7,16H2,(H,26,27). The lowest BCUT2D eigenvalue weighted by atomic mass is 9.84. The van der Waals surface area contributed by atoms with Gasteiger partial charge in [0.05, 0.1) is 5.70 Å². The largest absolute Gasteiger partial charge is 0.476 e. The molecule has 1 aliphatic carbocycles. The van der Waals surface area contributed by atoms with E-state index in [1.807, 2.05) is 30.5 Å². The minimum atomic E-state index is -0.924. The lowest BCUT2D eigenvalue weighted by Gasteiger charge is -2.29. The lowest BCUT2D eigenvalue weighted by Crippen LogP contribution is -2.30. The SMILES string of the molecule is O=C(O)C1=C(NCc2ccc(C3CCCCC3)cc2)C=CC2=CCC=CN21. The Hall–Kier alpha value is -2.75. The van der Waals surface area contributed by atoms with Gasteiger partial charge in [-0.05, 0) is 48.5 Å². The molecule has 2 heterocycles. The van der Waals surface area contributed by atoms with Crippen molar-refractivity contribution in [2.45, 2.75) is 51.0 Å². The highest BCUT2D eigenvalue weighted by molar-refractivity contribution is 5.89. The molecule has 1 saturated carbocycles. The summed E-state index contributed by atoms with van der Waals surface area (Å²) in [6, 6.07) is 8.81. The fraction of sp³-hybridized carbons (Fsp3) is 0.348. The molecule has 0 atom stereocenters. The molecule has 3 aliphatic rings. The van der Waals surface area contributed by atoms with E-state index in [0.29, 0.717) is 18.2 Å². The van der Waals surface area contributed by atoms with E-state index >= 15 is 0 Å². The lowest BCUT2D eigenvalue weighted by molar-refractivity contribution is -0.134. The van der Waals surface area contributed by atoms with Crippen molar-refractivity contribution in [1.29, 1.82) is 0 Å². The maximum Gasteiger partial charge on any atom is 0.355 e. The number of carbonyl (C=O) groups is 1. The maximum atomic E-state index is 11.8. The van der Waals surface area contributed by atoms with Gasteiger partial charge in [0, 0.05) is 18.4 Å². The predicted octanol–water partition coefficient (Wildman–Crippen LogP) is 4.79. The number of aliphatic carboxylic acids is 1. The summed E-state index contributed by atoms with van der Waals surface area (Å²) >= 11 is 0. The predicted molar refractivity (Wildman–Crippen MR) is 107 cm³/mol. The average Bonchev–Trinajstić information content (AvgIpc) is 2.72. The van der Waals surface area contributed by atoms with Crippen LogP contribution in [0.3, 0.4) is 0 Å². The molecule has 0 unspecified atom stereocenters. The Bertz CT molecular complexity index is 824. The van der Waals surface area contributed by atoms with Crippen molar-refractivity contribution >= 4 is 5.97 Å². The highest BCUT2D eigenvalue weighted by atomic mass is 16.4. The fourth-order valence-electron chi connectivity index (χ4n) is 4.17. The molecule has 4 rings (SSSR count). The number of carboxylic acid groups (broad SMARTS) is 1. The van der Waals surface area contributed by atoms with Crippen LogP contribution in [0, 0.1) is 0 Å². The summed E-state index contributed by atoms with van der Waals surface area (Å²) in [6.07, 6.45) is 17.1. The molecule has 2 N–H and O–H groups in total. The number of fused-ring (bicyclic) bond motifs is 1. The average molecular weight is 362 g/mol. The van der Waals surface area contributed by atoms with E-state index in [2.05, 4.69) is 29.6 Å². The Kier molecular flexibility index (Phi) is 5.14. The highest BCUT2D eigenvalue weighted by Gasteiger charge is 2.25. The molecule has 2 aliphatic heterocycles. The van der Waals surface area contributed by atoms with Gasteiger partial charge < -0.3 is 15.3 Å². The first-order valence-corrected chi connectivity index (χ1v) is 9.87. The molecule has 140 valence electrons. The zero-order chi connectivity index (χ0) is 18.6. The number of allylic oxidation sites excluding steroid dienone is 4. The Morgan fingerprint density at radius 3 is 2.63 bits per heavy atom. The van der Waals surface area contributed by atoms with Crippen molar-refractivity contribution in [3.05, 3.63) is 83.0 Å². The maximum absolute atomic E-state index is 11.8. The van der Waals surface area contributed by atoms with Crippen LogP contribution in [0.5, 0.6) is 0 Å². The summed E-state index contributed by atoms with van der Waals surface area (Å²) in [6.45, 7) is 0.609. The van der Waals surface area contributed by atoms with Crippen molar-refractivity contribution in [3.8, 4) is 0 Å². The van der Waals surface area contributed by atoms with Crippen LogP contribution in [-0.4, -0.2) is 16.0 Å². The van der Waals surface area contributed by atoms with Crippen LogP contribution in [-0.2, 0) is 11.3 Å². The second-order valence-corrected chi connectivity index (χ2v) is 7.45. The van der Waals surface area contributed by atoms with Crippen molar-refractivity contribution < 1.29 is 9.90 Å². The van der Waals surface area contributed by atoms with Crippen molar-refractivity contribution in [3.63, 3.8) is 0 Å². The van der Waals surface area contributed by atoms with Gasteiger partial charge in [0.1, 0.15) is 0 Å². The smallest absolute Gasteiger partial charge is 0.355 e. The van der Waals surface area contributed by atoms with Crippen molar-refractivity contribution in [2.75, 3.05) is 0 Å². The van der Waals surface area contributed by atoms with Gasteiger partial charge in [-0.15, -0.1) is 0 Å². The number of benzene rings is 1. The van der Waals surface area contributed by atoms with Crippen LogP contribution in [0.1, 0.15) is 55.6 Å². The van der Waals surface area contributed by atoms with Crippen LogP contribution < -0.4 is 5.32 Å². The van der Waals surface area contributed by atoms with Crippen LogP contribution in [0.15, 0.2) is 71.9 Å². The Morgan fingerprint density at radius 2 is 1.89 bits per heavy atom. The zero-order valence-corrected chi connectivity index (χ0v) is 15.5. The van der Waals surface area contributed by atoms with E-state index in [4.69, 9.17) is 0 Å². The molecule has 0 radical (unpaired) electrons. The molecular formula is C23H26N2O2. The minimum Gasteiger partial charge on any atom is -0.476 e. The van der Waals surface area contributed by atoms with E-state index in [0.717, 1.165) is 17.7 Å². The van der Waals surface area contributed by atoms with Gasteiger partial charge in [0.2, 0.25) is 0 Å². The number of carboxylic acids is 1. The molecule has 0 amide bonds. The summed E-state index contributed by atoms with van der Waals surface area (Å²) in [4.78, 5) is 13.6. The first kappa shape index (κ1) is 17.7. The number of hydrogen-bond donors (Lipinski definition) is 2. The van der Waals surface area contributed by atoms with Crippen LogP contribution in [0.25, 0.3) is 0 Å². The third-order valence-electron chi connectivity index (χ3n) is 5.65. The third-order valence-corrected chi connectivity index (χ3v) is 5.65. The molecule has 1 aromatic rings. The zero-order valence-electron chi connectivity index (χ0n) is 15.5. The molecular weight excluding hydrogens is 336 g/mol. The first-order valence-electron chi connectivity index (χ1n) is 9.87. The van der Waals surface area contributed by atoms with E-state index in [1.165, 1.54) is 37.7 Å². The van der Waals surface area contributed by atoms with Gasteiger partial charge in [0.15, 0.2) is 5.70 Å². The molecule has 27 heavy (non-hydrogen) atoms. The Morgan fingerprint density at radius 1 is 1.11 bits per heavy atom. The molecule has 0 spiro atoms. The normalized spacial score (nSPS) is 19.7. The molecule has 0 bridgehead atoms. The van der Waals surface area contributed by atoms with Crippen LogP contribution >= 0.6 is 0 Å². The monoisotopic (exact) mass is 362 g/mol. The second kappa shape index (κ2) is 7.87. The fourth-order valence-corrected chi connectivity index (χ4v) is 4.17. The van der Waals surface area contributed by atoms with Gasteiger partial charge >= 0.3 is 5.97 Å².